The van der Waals surface area contributed by atoms with Gasteiger partial charge in [-0.25, -0.2) is 0 Å². The molecule has 0 N–H and O–H groups in total. The van der Waals surface area contributed by atoms with Crippen LogP contribution < -0.4 is 0 Å². The molecule has 0 radical (unpaired) electrons. The van der Waals surface area contributed by atoms with E-state index in [2.05, 4.69) is 82.3 Å². The van der Waals surface area contributed by atoms with E-state index in [1.165, 1.54) is 63.9 Å². The molecule has 0 saturated carbocycles. The Hall–Kier alpha value is 2.80. The molecule has 3 fully saturated rings. The highest BCUT2D eigenvalue weighted by Gasteiger charge is 2.29. The molecule has 3 aliphatic rings. The molecule has 5 atom stereocenters. The SMILES string of the molecule is SC(CC1CS1)C(CSCCSCC1CS1)SCCSCC1CS1. The monoisotopic (exact) mass is 476 g/mol. The first-order valence-electron chi connectivity index (χ1n) is 8.69. The summed E-state index contributed by atoms with van der Waals surface area (Å²) in [5, 5.41) is 4.25. The lowest BCUT2D eigenvalue weighted by molar-refractivity contribution is 0.783. The maximum absolute atomic E-state index is 4.99. The molecule has 0 bridgehead atoms. The second-order valence-corrected chi connectivity index (χ2v) is 15.8. The molecule has 140 valence electrons. The first-order valence-corrected chi connectivity index (χ1v) is 16.9. The van der Waals surface area contributed by atoms with Crippen molar-refractivity contribution in [2.75, 3.05) is 57.5 Å². The Morgan fingerprint density at radius 2 is 1.33 bits per heavy atom. The number of thioether (sulfide) groups is 7. The van der Waals surface area contributed by atoms with Crippen molar-refractivity contribution in [3.63, 3.8) is 0 Å². The van der Waals surface area contributed by atoms with E-state index in [0.29, 0.717) is 5.25 Å². The highest BCUT2D eigenvalue weighted by molar-refractivity contribution is 8.10. The summed E-state index contributed by atoms with van der Waals surface area (Å²) < 4.78 is 0. The van der Waals surface area contributed by atoms with Crippen molar-refractivity contribution in [1.29, 1.82) is 0 Å². The Labute approximate surface area is 183 Å². The predicted molar refractivity (Wildman–Crippen MR) is 134 cm³/mol. The Bertz CT molecular complexity index is 343. The summed E-state index contributed by atoms with van der Waals surface area (Å²) in [5.41, 5.74) is 0. The van der Waals surface area contributed by atoms with Gasteiger partial charge in [-0.05, 0) is 6.42 Å². The van der Waals surface area contributed by atoms with Crippen LogP contribution in [0.3, 0.4) is 0 Å². The van der Waals surface area contributed by atoms with Crippen LogP contribution in [-0.4, -0.2) is 83.8 Å². The van der Waals surface area contributed by atoms with E-state index < -0.39 is 0 Å². The second-order valence-electron chi connectivity index (χ2n) is 6.30. The van der Waals surface area contributed by atoms with Gasteiger partial charge in [0.2, 0.25) is 0 Å². The smallest absolute Gasteiger partial charge is 0.0255 e. The van der Waals surface area contributed by atoms with Crippen molar-refractivity contribution in [3.05, 3.63) is 0 Å². The van der Waals surface area contributed by atoms with Crippen LogP contribution in [0.15, 0.2) is 0 Å². The van der Waals surface area contributed by atoms with Crippen molar-refractivity contribution in [1.82, 2.24) is 0 Å². The molecule has 0 aliphatic carbocycles. The molecule has 24 heavy (non-hydrogen) atoms. The average Bonchev–Trinajstić information content (AvgIpc) is 3.42. The van der Waals surface area contributed by atoms with Crippen LogP contribution in [0, 0.1) is 0 Å². The van der Waals surface area contributed by atoms with Gasteiger partial charge in [-0.15, -0.1) is 0 Å². The highest BCUT2D eigenvalue weighted by Crippen LogP contribution is 2.38. The summed E-state index contributed by atoms with van der Waals surface area (Å²) in [7, 11) is 0. The minimum atomic E-state index is 0.599. The third kappa shape index (κ3) is 10.4. The van der Waals surface area contributed by atoms with E-state index in [1.807, 2.05) is 0 Å². The maximum atomic E-state index is 4.99. The zero-order valence-electron chi connectivity index (χ0n) is 14.0. The van der Waals surface area contributed by atoms with Gasteiger partial charge >= 0.3 is 0 Å². The molecule has 3 heterocycles. The second kappa shape index (κ2) is 12.4. The van der Waals surface area contributed by atoms with Crippen molar-refractivity contribution in [2.45, 2.75) is 32.7 Å². The van der Waals surface area contributed by atoms with Crippen LogP contribution in [0.5, 0.6) is 0 Å². The summed E-state index contributed by atoms with van der Waals surface area (Å²) in [6.07, 6.45) is 1.32. The van der Waals surface area contributed by atoms with Gasteiger partial charge in [-0.1, -0.05) is 0 Å². The Morgan fingerprint density at radius 3 is 1.92 bits per heavy atom. The van der Waals surface area contributed by atoms with Gasteiger partial charge in [-0.2, -0.15) is 95.0 Å². The number of hydrogen-bond acceptors (Lipinski definition) is 8. The van der Waals surface area contributed by atoms with Crippen molar-refractivity contribution in [3.8, 4) is 0 Å². The summed E-state index contributed by atoms with van der Waals surface area (Å²) in [5.74, 6) is 13.6. The summed E-state index contributed by atoms with van der Waals surface area (Å²) >= 11 is 20.1. The third-order valence-electron chi connectivity index (χ3n) is 3.96. The van der Waals surface area contributed by atoms with Crippen LogP contribution in [0.4, 0.5) is 0 Å². The fourth-order valence-corrected chi connectivity index (χ4v) is 10.7. The molecule has 3 aliphatic heterocycles. The number of hydrogen-bond donors (Lipinski definition) is 1. The lowest BCUT2D eigenvalue weighted by Crippen LogP contribution is -2.23. The van der Waals surface area contributed by atoms with Crippen LogP contribution >= 0.6 is 95.0 Å². The molecular weight excluding hydrogens is 449 g/mol. The maximum Gasteiger partial charge on any atom is 0.0255 e. The van der Waals surface area contributed by atoms with Gasteiger partial charge in [0.05, 0.1) is 0 Å². The van der Waals surface area contributed by atoms with Gasteiger partial charge in [-0.3, -0.25) is 0 Å². The molecule has 0 spiro atoms. The first kappa shape index (κ1) is 21.5. The molecule has 0 aromatic carbocycles. The molecule has 3 rings (SSSR count). The Kier molecular flexibility index (Phi) is 11.1. The van der Waals surface area contributed by atoms with Gasteiger partial charge in [0, 0.05) is 83.8 Å². The zero-order valence-corrected chi connectivity index (χ0v) is 20.6. The molecule has 8 heteroatoms. The largest absolute Gasteiger partial charge is 0.175 e. The van der Waals surface area contributed by atoms with Crippen LogP contribution in [0.25, 0.3) is 0 Å². The van der Waals surface area contributed by atoms with E-state index in [0.717, 1.165) is 21.0 Å². The summed E-state index contributed by atoms with van der Waals surface area (Å²) in [4.78, 5) is 0. The molecule has 0 nitrogen and oxygen atoms in total. The molecule has 0 amide bonds. The molecule has 0 aromatic heterocycles. The van der Waals surface area contributed by atoms with Crippen LogP contribution in [0.2, 0.25) is 0 Å². The fourth-order valence-electron chi connectivity index (χ4n) is 2.23. The van der Waals surface area contributed by atoms with Gasteiger partial charge in [0.15, 0.2) is 0 Å². The van der Waals surface area contributed by atoms with Crippen LogP contribution in [-0.2, 0) is 0 Å². The normalized spacial score (nSPS) is 30.1. The van der Waals surface area contributed by atoms with Crippen molar-refractivity contribution >= 4 is 95.0 Å². The topological polar surface area (TPSA) is 0 Å². The molecule has 3 saturated heterocycles. The Balaban J connectivity index is 1.24. The highest BCUT2D eigenvalue weighted by atomic mass is 32.2. The minimum absolute atomic E-state index is 0.599. The summed E-state index contributed by atoms with van der Waals surface area (Å²) in [6, 6.07) is 0. The fraction of sp³-hybridized carbons (Fsp3) is 1.00. The van der Waals surface area contributed by atoms with Crippen LogP contribution in [0.1, 0.15) is 6.42 Å². The Morgan fingerprint density at radius 1 is 0.792 bits per heavy atom. The van der Waals surface area contributed by atoms with Gasteiger partial charge in [0.25, 0.3) is 0 Å². The van der Waals surface area contributed by atoms with Gasteiger partial charge < -0.3 is 0 Å². The van der Waals surface area contributed by atoms with E-state index in [9.17, 15) is 0 Å². The van der Waals surface area contributed by atoms with E-state index in [-0.39, 0.29) is 0 Å². The lowest BCUT2D eigenvalue weighted by atomic mass is 10.2. The van der Waals surface area contributed by atoms with E-state index in [1.54, 1.807) is 0 Å². The molecule has 5 unspecified atom stereocenters. The average molecular weight is 477 g/mol. The van der Waals surface area contributed by atoms with Crippen molar-refractivity contribution < 1.29 is 0 Å². The lowest BCUT2D eigenvalue weighted by Gasteiger charge is -2.22. The first-order chi connectivity index (χ1) is 11.8. The molecule has 0 aromatic rings. The summed E-state index contributed by atoms with van der Waals surface area (Å²) in [6.45, 7) is 0. The number of thiol groups is 1. The third-order valence-corrected chi connectivity index (χ3v) is 13.5. The number of rotatable bonds is 16. The molecular formula is C16H28S8. The van der Waals surface area contributed by atoms with Crippen molar-refractivity contribution in [2.24, 2.45) is 0 Å². The standard InChI is InChI=1S/C16H28S8/c17-15(5-12-8-22-12)16(21-4-3-19-7-14-10-24-14)11-20-2-1-18-6-13-9-23-13/h12-17H,1-11H2. The quantitative estimate of drug-likeness (QED) is 0.179. The van der Waals surface area contributed by atoms with E-state index >= 15 is 0 Å². The van der Waals surface area contributed by atoms with E-state index in [4.69, 9.17) is 12.6 Å². The predicted octanol–water partition coefficient (Wildman–Crippen LogP) is 5.32. The minimum Gasteiger partial charge on any atom is -0.175 e. The zero-order chi connectivity index (χ0) is 16.6. The van der Waals surface area contributed by atoms with Gasteiger partial charge in [0.1, 0.15) is 0 Å².